The number of hydrogen-bond acceptors (Lipinski definition) is 6. The molecular formula is C19H25N3O6. The van der Waals surface area contributed by atoms with Crippen LogP contribution in [-0.4, -0.2) is 65.3 Å². The van der Waals surface area contributed by atoms with Crippen LogP contribution >= 0.6 is 0 Å². The van der Waals surface area contributed by atoms with E-state index in [4.69, 9.17) is 4.74 Å². The minimum Gasteiger partial charge on any atom is -0.454 e. The molecular weight excluding hydrogens is 366 g/mol. The second-order valence-electron chi connectivity index (χ2n) is 7.73. The summed E-state index contributed by atoms with van der Waals surface area (Å²) in [5, 5.41) is 2.49. The molecule has 0 unspecified atom stereocenters. The highest BCUT2D eigenvalue weighted by Crippen LogP contribution is 2.37. The number of hydrogen-bond donors (Lipinski definition) is 1. The zero-order chi connectivity index (χ0) is 20.4. The summed E-state index contributed by atoms with van der Waals surface area (Å²) >= 11 is 0. The van der Waals surface area contributed by atoms with Crippen molar-refractivity contribution in [2.24, 2.45) is 17.8 Å². The highest BCUT2D eigenvalue weighted by atomic mass is 16.5. The number of amides is 5. The minimum atomic E-state index is -1.06. The van der Waals surface area contributed by atoms with Gasteiger partial charge in [-0.25, -0.2) is 9.59 Å². The molecule has 0 aromatic carbocycles. The molecule has 2 saturated heterocycles. The Kier molecular flexibility index (Phi) is 5.81. The number of allylic oxidation sites excluding steroid dienone is 2. The van der Waals surface area contributed by atoms with E-state index in [1.54, 1.807) is 0 Å². The molecule has 3 rings (SSSR count). The lowest BCUT2D eigenvalue weighted by atomic mass is 9.85. The molecule has 1 aliphatic carbocycles. The number of ether oxygens (including phenoxy) is 1. The van der Waals surface area contributed by atoms with Crippen molar-refractivity contribution in [2.45, 2.75) is 39.2 Å². The number of carbonyl (C=O) groups excluding carboxylic acids is 5. The molecule has 5 amide bonds. The van der Waals surface area contributed by atoms with E-state index < -0.39 is 42.4 Å². The number of carbonyl (C=O) groups is 5. The van der Waals surface area contributed by atoms with Gasteiger partial charge in [-0.1, -0.05) is 26.0 Å². The van der Waals surface area contributed by atoms with E-state index in [1.807, 2.05) is 26.0 Å². The van der Waals surface area contributed by atoms with Crippen LogP contribution in [0.2, 0.25) is 0 Å². The van der Waals surface area contributed by atoms with Crippen molar-refractivity contribution >= 4 is 29.7 Å². The molecule has 0 saturated carbocycles. The van der Waals surface area contributed by atoms with Crippen molar-refractivity contribution in [2.75, 3.05) is 19.7 Å². The smallest absolute Gasteiger partial charge is 0.329 e. The van der Waals surface area contributed by atoms with E-state index in [9.17, 15) is 24.0 Å². The van der Waals surface area contributed by atoms with Gasteiger partial charge in [0.05, 0.1) is 11.8 Å². The van der Waals surface area contributed by atoms with Gasteiger partial charge < -0.3 is 10.1 Å². The molecule has 0 aromatic heterocycles. The zero-order valence-electron chi connectivity index (χ0n) is 16.1. The van der Waals surface area contributed by atoms with Crippen LogP contribution in [0, 0.1) is 17.8 Å². The van der Waals surface area contributed by atoms with Crippen LogP contribution in [0.4, 0.5) is 4.79 Å². The molecule has 2 aliphatic heterocycles. The number of likely N-dealkylation sites (tertiary alicyclic amines) is 1. The Morgan fingerprint density at radius 2 is 1.75 bits per heavy atom. The van der Waals surface area contributed by atoms with Crippen molar-refractivity contribution in [1.82, 2.24) is 15.1 Å². The van der Waals surface area contributed by atoms with Crippen molar-refractivity contribution in [3.8, 4) is 0 Å². The Morgan fingerprint density at radius 3 is 2.25 bits per heavy atom. The fourth-order valence-corrected chi connectivity index (χ4v) is 3.90. The predicted molar refractivity (Wildman–Crippen MR) is 96.5 cm³/mol. The molecule has 2 fully saturated rings. The number of esters is 1. The molecule has 9 nitrogen and oxygen atoms in total. The second-order valence-corrected chi connectivity index (χ2v) is 7.73. The summed E-state index contributed by atoms with van der Waals surface area (Å²) in [5.74, 6) is -2.98. The number of rotatable bonds is 6. The first-order chi connectivity index (χ1) is 13.3. The average molecular weight is 391 g/mol. The van der Waals surface area contributed by atoms with Gasteiger partial charge in [-0.05, 0) is 25.2 Å². The average Bonchev–Trinajstić information content (AvgIpc) is 3.20. The standard InChI is InChI=1S/C19H25N3O6/c1-11(2)9-14(18(26)28-10-15(23)21-8-7-20-19(21)27)22-16(24)12-5-3-4-6-13(12)17(22)25/h3-4,11-14H,5-10H2,1-2H3,(H,20,27)/t12-,13+,14-/m0/s1. The van der Waals surface area contributed by atoms with Crippen LogP contribution in [0.25, 0.3) is 0 Å². The van der Waals surface area contributed by atoms with E-state index in [-0.39, 0.29) is 30.7 Å². The van der Waals surface area contributed by atoms with Gasteiger partial charge in [0.15, 0.2) is 6.61 Å². The van der Waals surface area contributed by atoms with Crippen LogP contribution in [0.3, 0.4) is 0 Å². The molecule has 9 heteroatoms. The summed E-state index contributed by atoms with van der Waals surface area (Å²) in [6.45, 7) is 3.71. The molecule has 28 heavy (non-hydrogen) atoms. The van der Waals surface area contributed by atoms with E-state index >= 15 is 0 Å². The fraction of sp³-hybridized carbons (Fsp3) is 0.632. The third kappa shape index (κ3) is 3.79. The fourth-order valence-electron chi connectivity index (χ4n) is 3.90. The van der Waals surface area contributed by atoms with E-state index in [1.165, 1.54) is 0 Å². The molecule has 3 aliphatic rings. The third-order valence-electron chi connectivity index (χ3n) is 5.32. The van der Waals surface area contributed by atoms with Crippen molar-refractivity contribution in [1.29, 1.82) is 0 Å². The Labute approximate surface area is 163 Å². The number of imide groups is 2. The van der Waals surface area contributed by atoms with Gasteiger partial charge in [0, 0.05) is 13.1 Å². The van der Waals surface area contributed by atoms with Crippen LogP contribution in [0.15, 0.2) is 12.2 Å². The molecule has 3 atom stereocenters. The largest absolute Gasteiger partial charge is 0.454 e. The summed E-state index contributed by atoms with van der Waals surface area (Å²) in [6.07, 6.45) is 4.98. The highest BCUT2D eigenvalue weighted by Gasteiger charge is 2.51. The molecule has 0 radical (unpaired) electrons. The van der Waals surface area contributed by atoms with Gasteiger partial charge in [0.25, 0.3) is 5.91 Å². The summed E-state index contributed by atoms with van der Waals surface area (Å²) in [6, 6.07) is -1.59. The summed E-state index contributed by atoms with van der Waals surface area (Å²) in [5.41, 5.74) is 0. The number of urea groups is 1. The van der Waals surface area contributed by atoms with E-state index in [0.717, 1.165) is 9.80 Å². The van der Waals surface area contributed by atoms with Crippen molar-refractivity contribution in [3.05, 3.63) is 12.2 Å². The van der Waals surface area contributed by atoms with Gasteiger partial charge in [0.1, 0.15) is 6.04 Å². The molecule has 2 heterocycles. The van der Waals surface area contributed by atoms with E-state index in [0.29, 0.717) is 19.4 Å². The highest BCUT2D eigenvalue weighted by molar-refractivity contribution is 6.08. The minimum absolute atomic E-state index is 0.0268. The quantitative estimate of drug-likeness (QED) is 0.400. The lowest BCUT2D eigenvalue weighted by molar-refractivity contribution is -0.162. The van der Waals surface area contributed by atoms with Crippen LogP contribution in [-0.2, 0) is 23.9 Å². The molecule has 152 valence electrons. The predicted octanol–water partition coefficient (Wildman–Crippen LogP) is 0.447. The first-order valence-electron chi connectivity index (χ1n) is 9.58. The van der Waals surface area contributed by atoms with Gasteiger partial charge in [-0.2, -0.15) is 0 Å². The molecule has 0 aromatic rings. The summed E-state index contributed by atoms with van der Waals surface area (Å²) in [7, 11) is 0. The van der Waals surface area contributed by atoms with Gasteiger partial charge in [-0.3, -0.25) is 24.2 Å². The van der Waals surface area contributed by atoms with Crippen LogP contribution in [0.5, 0.6) is 0 Å². The lowest BCUT2D eigenvalue weighted by Gasteiger charge is -2.26. The normalized spacial score (nSPS) is 25.2. The number of fused-ring (bicyclic) bond motifs is 1. The topological polar surface area (TPSA) is 113 Å². The van der Waals surface area contributed by atoms with Gasteiger partial charge in [-0.15, -0.1) is 0 Å². The van der Waals surface area contributed by atoms with Crippen LogP contribution < -0.4 is 5.32 Å². The SMILES string of the molecule is CC(C)C[C@@H](C(=O)OCC(=O)N1CCNC1=O)N1C(=O)[C@H]2CC=CC[C@H]2C1=O. The Balaban J connectivity index is 1.70. The number of nitrogens with zero attached hydrogens (tertiary/aromatic N) is 2. The maximum Gasteiger partial charge on any atom is 0.329 e. The maximum absolute atomic E-state index is 12.8. The molecule has 1 N–H and O–H groups in total. The van der Waals surface area contributed by atoms with Crippen molar-refractivity contribution in [3.63, 3.8) is 0 Å². The first-order valence-corrected chi connectivity index (χ1v) is 9.58. The van der Waals surface area contributed by atoms with Crippen molar-refractivity contribution < 1.29 is 28.7 Å². The van der Waals surface area contributed by atoms with Gasteiger partial charge >= 0.3 is 12.0 Å². The van der Waals surface area contributed by atoms with Crippen LogP contribution in [0.1, 0.15) is 33.1 Å². The Bertz CT molecular complexity index is 705. The third-order valence-corrected chi connectivity index (χ3v) is 5.32. The molecule has 0 spiro atoms. The Hall–Kier alpha value is -2.71. The Morgan fingerprint density at radius 1 is 1.14 bits per heavy atom. The first kappa shape index (κ1) is 20.0. The summed E-state index contributed by atoms with van der Waals surface area (Å²) < 4.78 is 5.12. The number of nitrogens with one attached hydrogen (secondary N) is 1. The summed E-state index contributed by atoms with van der Waals surface area (Å²) in [4.78, 5) is 63.9. The monoisotopic (exact) mass is 391 g/mol. The zero-order valence-corrected chi connectivity index (χ0v) is 16.1. The van der Waals surface area contributed by atoms with Gasteiger partial charge in [0.2, 0.25) is 11.8 Å². The van der Waals surface area contributed by atoms with E-state index in [2.05, 4.69) is 5.32 Å². The second kappa shape index (κ2) is 8.12. The molecule has 0 bridgehead atoms. The lowest BCUT2D eigenvalue weighted by Crippen LogP contribution is -2.48. The maximum atomic E-state index is 12.8.